The number of hydrogen-bond acceptors (Lipinski definition) is 6. The predicted molar refractivity (Wildman–Crippen MR) is 156 cm³/mol. The average Bonchev–Trinajstić information content (AvgIpc) is 3.21. The summed E-state index contributed by atoms with van der Waals surface area (Å²) in [5, 5.41) is 29.8. The monoisotopic (exact) mass is 569 g/mol. The van der Waals surface area contributed by atoms with Gasteiger partial charge in [0.15, 0.2) is 6.61 Å². The van der Waals surface area contributed by atoms with Crippen LogP contribution in [-0.2, 0) is 19.2 Å². The van der Waals surface area contributed by atoms with E-state index in [4.69, 9.17) is 11.3 Å². The van der Waals surface area contributed by atoms with Crippen molar-refractivity contribution in [2.24, 2.45) is 33.7 Å². The molecule has 0 aliphatic heterocycles. The zero-order chi connectivity index (χ0) is 30.0. The van der Waals surface area contributed by atoms with E-state index in [1.54, 1.807) is 0 Å². The minimum absolute atomic E-state index is 0.0885. The van der Waals surface area contributed by atoms with Crippen molar-refractivity contribution in [2.45, 2.75) is 116 Å². The van der Waals surface area contributed by atoms with E-state index in [0.29, 0.717) is 37.0 Å². The lowest BCUT2D eigenvalue weighted by molar-refractivity contribution is -0.142. The molecule has 4 rings (SSSR count). The van der Waals surface area contributed by atoms with Gasteiger partial charge in [-0.2, -0.15) is 0 Å². The first-order valence-electron chi connectivity index (χ1n) is 15.3. The molecule has 226 valence electrons. The molecule has 0 radical (unpaired) electrons. The smallest absolute Gasteiger partial charge is 0.326 e. The summed E-state index contributed by atoms with van der Waals surface area (Å²) in [7, 11) is 0. The van der Waals surface area contributed by atoms with Gasteiger partial charge in [0.1, 0.15) is 17.7 Å². The number of unbranched alkanes of at least 4 members (excludes halogenated alkanes) is 1. The number of amides is 2. The van der Waals surface area contributed by atoms with Gasteiger partial charge in [0.2, 0.25) is 5.91 Å². The van der Waals surface area contributed by atoms with E-state index in [1.807, 2.05) is 6.92 Å². The highest BCUT2D eigenvalue weighted by molar-refractivity contribution is 5.96. The molecule has 0 spiro atoms. The van der Waals surface area contributed by atoms with Crippen molar-refractivity contribution in [3.63, 3.8) is 0 Å². The number of carbonyl (C=O) groups is 3. The molecular formula is C32H47N3O6. The second-order valence-electron chi connectivity index (χ2n) is 13.2. The third-order valence-electron chi connectivity index (χ3n) is 11.0. The molecule has 9 nitrogen and oxygen atoms in total. The first-order valence-corrected chi connectivity index (χ1v) is 15.3. The lowest BCUT2D eigenvalue weighted by Gasteiger charge is -2.58. The van der Waals surface area contributed by atoms with E-state index < -0.39 is 35.5 Å². The largest absolute Gasteiger partial charge is 0.480 e. The van der Waals surface area contributed by atoms with E-state index in [2.05, 4.69) is 41.6 Å². The fourth-order valence-electron chi connectivity index (χ4n) is 8.38. The van der Waals surface area contributed by atoms with E-state index in [-0.39, 0.29) is 17.4 Å². The van der Waals surface area contributed by atoms with Crippen LogP contribution >= 0.6 is 0 Å². The average molecular weight is 570 g/mol. The van der Waals surface area contributed by atoms with Crippen molar-refractivity contribution < 1.29 is 29.4 Å². The highest BCUT2D eigenvalue weighted by atomic mass is 16.6. The molecule has 0 bridgehead atoms. The van der Waals surface area contributed by atoms with Crippen LogP contribution in [-0.4, -0.2) is 58.0 Å². The summed E-state index contributed by atoms with van der Waals surface area (Å²) in [6.45, 7) is 7.72. The van der Waals surface area contributed by atoms with E-state index in [1.165, 1.54) is 12.5 Å². The van der Waals surface area contributed by atoms with Gasteiger partial charge in [0, 0.05) is 5.41 Å². The molecule has 0 heterocycles. The van der Waals surface area contributed by atoms with Crippen LogP contribution in [0.2, 0.25) is 0 Å². The van der Waals surface area contributed by atoms with Gasteiger partial charge in [-0.05, 0) is 94.0 Å². The molecule has 3 saturated carbocycles. The topological polar surface area (TPSA) is 137 Å². The number of aliphatic carboxylic acids is 1. The number of nitrogens with one attached hydrogen (secondary N) is 2. The van der Waals surface area contributed by atoms with Gasteiger partial charge in [-0.1, -0.05) is 50.3 Å². The quantitative estimate of drug-likeness (QED) is 0.232. The molecule has 4 aliphatic carbocycles. The van der Waals surface area contributed by atoms with Crippen LogP contribution in [0.3, 0.4) is 0 Å². The molecule has 0 saturated heterocycles. The number of carbonyl (C=O) groups excluding carboxylic acids is 2. The van der Waals surface area contributed by atoms with Crippen LogP contribution in [0.15, 0.2) is 16.8 Å². The Hall–Kier alpha value is -2.86. The molecule has 4 N–H and O–H groups in total. The maximum atomic E-state index is 12.4. The molecule has 41 heavy (non-hydrogen) atoms. The first-order chi connectivity index (χ1) is 19.4. The summed E-state index contributed by atoms with van der Waals surface area (Å²) >= 11 is 0. The Balaban J connectivity index is 1.31. The SMILES string of the molecule is C#C[C@@]1(O)CC[C@H]2[C@@H]3CCC4=C/C(=N\OCC(=O)N[C@H](C)C(=O)N[C@H](CCCC)C(=O)O)CC[C@]4(C)[C@H]3CC[C@@]21C. The third-order valence-corrected chi connectivity index (χ3v) is 11.0. The summed E-state index contributed by atoms with van der Waals surface area (Å²) in [5.74, 6) is 2.19. The highest BCUT2D eigenvalue weighted by Gasteiger charge is 2.63. The lowest BCUT2D eigenvalue weighted by Crippen LogP contribution is -2.54. The number of fused-ring (bicyclic) bond motifs is 5. The number of nitrogens with zero attached hydrogens (tertiary/aromatic N) is 1. The maximum absolute atomic E-state index is 12.4. The number of aliphatic hydroxyl groups is 1. The maximum Gasteiger partial charge on any atom is 0.326 e. The van der Waals surface area contributed by atoms with Gasteiger partial charge in [0.05, 0.1) is 5.71 Å². The van der Waals surface area contributed by atoms with Crippen LogP contribution in [0, 0.1) is 40.9 Å². The van der Waals surface area contributed by atoms with Crippen molar-refractivity contribution in [2.75, 3.05) is 6.61 Å². The number of allylic oxidation sites excluding steroid dienone is 2. The Kier molecular flexibility index (Phi) is 9.22. The number of carboxylic acid groups (broad SMARTS) is 1. The van der Waals surface area contributed by atoms with E-state index in [0.717, 1.165) is 57.1 Å². The summed E-state index contributed by atoms with van der Waals surface area (Å²) in [6, 6.07) is -1.88. The zero-order valence-corrected chi connectivity index (χ0v) is 25.0. The molecule has 3 fully saturated rings. The van der Waals surface area contributed by atoms with Crippen LogP contribution in [0.25, 0.3) is 0 Å². The summed E-state index contributed by atoms with van der Waals surface area (Å²) in [5.41, 5.74) is 1.10. The van der Waals surface area contributed by atoms with Crippen molar-refractivity contribution in [1.82, 2.24) is 10.6 Å². The fraction of sp³-hybridized carbons (Fsp3) is 0.750. The van der Waals surface area contributed by atoms with Gasteiger partial charge in [-0.3, -0.25) is 9.59 Å². The fourth-order valence-corrected chi connectivity index (χ4v) is 8.38. The highest BCUT2D eigenvalue weighted by Crippen LogP contribution is 2.67. The Morgan fingerprint density at radius 1 is 1.15 bits per heavy atom. The molecule has 8 atom stereocenters. The normalized spacial score (nSPS) is 36.4. The predicted octanol–water partition coefficient (Wildman–Crippen LogP) is 3.95. The molecule has 0 aromatic rings. The van der Waals surface area contributed by atoms with Crippen LogP contribution in [0.5, 0.6) is 0 Å². The molecule has 2 amide bonds. The van der Waals surface area contributed by atoms with Gasteiger partial charge in [-0.25, -0.2) is 4.79 Å². The van der Waals surface area contributed by atoms with Gasteiger partial charge < -0.3 is 25.7 Å². The first kappa shape index (κ1) is 31.1. The Labute approximate surface area is 243 Å². The van der Waals surface area contributed by atoms with Crippen molar-refractivity contribution in [1.29, 1.82) is 0 Å². The lowest BCUT2D eigenvalue weighted by atomic mass is 9.46. The van der Waals surface area contributed by atoms with Crippen molar-refractivity contribution >= 4 is 23.5 Å². The number of terminal acetylenes is 1. The Morgan fingerprint density at radius 3 is 2.56 bits per heavy atom. The summed E-state index contributed by atoms with van der Waals surface area (Å²) in [6.07, 6.45) is 17.3. The van der Waals surface area contributed by atoms with E-state index >= 15 is 0 Å². The molecule has 4 aliphatic rings. The van der Waals surface area contributed by atoms with Gasteiger partial charge >= 0.3 is 5.97 Å². The van der Waals surface area contributed by atoms with Crippen LogP contribution in [0.4, 0.5) is 0 Å². The van der Waals surface area contributed by atoms with Crippen molar-refractivity contribution in [3.05, 3.63) is 11.6 Å². The Bertz CT molecular complexity index is 1140. The molecule has 0 unspecified atom stereocenters. The molecule has 0 aromatic carbocycles. The minimum atomic E-state index is -1.09. The molecule has 0 aromatic heterocycles. The number of oxime groups is 1. The second kappa shape index (κ2) is 12.2. The standard InChI is InChI=1S/C32H47N3O6/c1-6-8-9-26(29(38)39)34-28(37)20(3)33-27(36)19-41-35-22-12-15-30(4)21(18-22)10-11-23-24(30)13-16-31(5)25(23)14-17-32(31,40)7-2/h2,18,20,23-26,40H,6,8-17,19H2,1,3-5H3,(H,33,36)(H,34,37)(H,38,39)/b35-22-/t20-,23-,24+,25+,26-,30+,31+,32-/m1/s1. The van der Waals surface area contributed by atoms with Gasteiger partial charge in [-0.15, -0.1) is 6.42 Å². The minimum Gasteiger partial charge on any atom is -0.480 e. The number of rotatable bonds is 10. The van der Waals surface area contributed by atoms with E-state index in [9.17, 15) is 24.6 Å². The van der Waals surface area contributed by atoms with Gasteiger partial charge in [0.25, 0.3) is 5.91 Å². The van der Waals surface area contributed by atoms with Crippen LogP contribution < -0.4 is 10.6 Å². The number of carboxylic acids is 1. The van der Waals surface area contributed by atoms with Crippen molar-refractivity contribution in [3.8, 4) is 12.3 Å². The molecule has 9 heteroatoms. The Morgan fingerprint density at radius 2 is 1.88 bits per heavy atom. The zero-order valence-electron chi connectivity index (χ0n) is 25.0. The number of hydrogen-bond donors (Lipinski definition) is 4. The summed E-state index contributed by atoms with van der Waals surface area (Å²) in [4.78, 5) is 41.5. The third kappa shape index (κ3) is 5.90. The second-order valence-corrected chi connectivity index (χ2v) is 13.2. The summed E-state index contributed by atoms with van der Waals surface area (Å²) < 4.78 is 0. The van der Waals surface area contributed by atoms with Crippen LogP contribution in [0.1, 0.15) is 98.3 Å². The molecular weight excluding hydrogens is 522 g/mol.